The summed E-state index contributed by atoms with van der Waals surface area (Å²) in [5.41, 5.74) is 2.37. The van der Waals surface area contributed by atoms with Crippen LogP contribution in [-0.4, -0.2) is 9.91 Å². The second-order valence-corrected chi connectivity index (χ2v) is 6.31. The minimum atomic E-state index is -0.558. The lowest BCUT2D eigenvalue weighted by molar-refractivity contribution is -0.384. The summed E-state index contributed by atoms with van der Waals surface area (Å²) in [5.74, 6) is -0.558. The number of nitro groups is 1. The third kappa shape index (κ3) is 3.27. The van der Waals surface area contributed by atoms with E-state index in [0.717, 1.165) is 11.3 Å². The molecule has 1 unspecified atom stereocenters. The van der Waals surface area contributed by atoms with Crippen molar-refractivity contribution in [1.82, 2.24) is 4.98 Å². The molecule has 0 aliphatic rings. The average molecular weight is 356 g/mol. The van der Waals surface area contributed by atoms with E-state index in [0.29, 0.717) is 15.6 Å². The van der Waals surface area contributed by atoms with Crippen molar-refractivity contribution in [3.8, 4) is 17.3 Å². The summed E-state index contributed by atoms with van der Waals surface area (Å²) in [4.78, 5) is 14.8. The molecule has 0 aliphatic carbocycles. The van der Waals surface area contributed by atoms with Crippen molar-refractivity contribution in [2.75, 3.05) is 0 Å². The number of hydrogen-bond acceptors (Lipinski definition) is 5. The normalized spacial score (nSPS) is 11.7. The Morgan fingerprint density at radius 2 is 1.83 bits per heavy atom. The lowest BCUT2D eigenvalue weighted by atomic mass is 10.0. The Morgan fingerprint density at radius 1 is 1.17 bits per heavy atom. The molecule has 0 N–H and O–H groups in total. The van der Waals surface area contributed by atoms with Crippen LogP contribution in [0.5, 0.6) is 0 Å². The SMILES string of the molecule is N#CC(c1ccc([N+](=O)[O-])cc1)c1nc(-c2ccc(Cl)cc2)cs1. The number of hydrogen-bond donors (Lipinski definition) is 0. The summed E-state index contributed by atoms with van der Waals surface area (Å²) in [5, 5.41) is 23.4. The van der Waals surface area contributed by atoms with E-state index in [4.69, 9.17) is 11.6 Å². The summed E-state index contributed by atoms with van der Waals surface area (Å²) in [6.07, 6.45) is 0. The summed E-state index contributed by atoms with van der Waals surface area (Å²) < 4.78 is 0. The Kier molecular flexibility index (Phi) is 4.56. The van der Waals surface area contributed by atoms with Crippen LogP contribution >= 0.6 is 22.9 Å². The zero-order valence-corrected chi connectivity index (χ0v) is 13.8. The number of benzene rings is 2. The van der Waals surface area contributed by atoms with E-state index in [-0.39, 0.29) is 5.69 Å². The number of aromatic nitrogens is 1. The number of nitriles is 1. The van der Waals surface area contributed by atoms with Gasteiger partial charge in [-0.25, -0.2) is 4.98 Å². The first-order chi connectivity index (χ1) is 11.6. The Bertz CT molecular complexity index is 914. The van der Waals surface area contributed by atoms with Crippen LogP contribution in [0.3, 0.4) is 0 Å². The summed E-state index contributed by atoms with van der Waals surface area (Å²) in [7, 11) is 0. The minimum Gasteiger partial charge on any atom is -0.258 e. The van der Waals surface area contributed by atoms with Crippen LogP contribution in [-0.2, 0) is 0 Å². The van der Waals surface area contributed by atoms with Gasteiger partial charge in [0, 0.05) is 28.1 Å². The van der Waals surface area contributed by atoms with Gasteiger partial charge in [-0.2, -0.15) is 5.26 Å². The highest BCUT2D eigenvalue weighted by Crippen LogP contribution is 2.31. The second-order valence-electron chi connectivity index (χ2n) is 4.99. The molecule has 0 amide bonds. The van der Waals surface area contributed by atoms with Gasteiger partial charge in [-0.05, 0) is 17.7 Å². The third-order valence-corrected chi connectivity index (χ3v) is 4.64. The van der Waals surface area contributed by atoms with Crippen LogP contribution in [0.25, 0.3) is 11.3 Å². The smallest absolute Gasteiger partial charge is 0.258 e. The van der Waals surface area contributed by atoms with Gasteiger partial charge in [0.2, 0.25) is 0 Å². The van der Waals surface area contributed by atoms with E-state index in [1.165, 1.54) is 23.5 Å². The highest BCUT2D eigenvalue weighted by molar-refractivity contribution is 7.10. The number of thiazole rings is 1. The lowest BCUT2D eigenvalue weighted by Gasteiger charge is -2.05. The monoisotopic (exact) mass is 355 g/mol. The van der Waals surface area contributed by atoms with Gasteiger partial charge in [0.15, 0.2) is 0 Å². The Labute approximate surface area is 146 Å². The molecule has 1 atom stereocenters. The lowest BCUT2D eigenvalue weighted by Crippen LogP contribution is -1.98. The van der Waals surface area contributed by atoms with Crippen LogP contribution in [0, 0.1) is 21.4 Å². The molecular weight excluding hydrogens is 346 g/mol. The molecule has 0 bridgehead atoms. The van der Waals surface area contributed by atoms with Crippen molar-refractivity contribution in [3.05, 3.63) is 79.6 Å². The molecule has 3 aromatic rings. The van der Waals surface area contributed by atoms with E-state index in [1.807, 2.05) is 17.5 Å². The van der Waals surface area contributed by atoms with Crippen LogP contribution in [0.1, 0.15) is 16.5 Å². The van der Waals surface area contributed by atoms with Gasteiger partial charge in [0.25, 0.3) is 5.69 Å². The molecule has 0 saturated heterocycles. The van der Waals surface area contributed by atoms with Crippen LogP contribution < -0.4 is 0 Å². The number of nitro benzene ring substituents is 1. The van der Waals surface area contributed by atoms with Crippen molar-refractivity contribution in [1.29, 1.82) is 5.26 Å². The van der Waals surface area contributed by atoms with Crippen molar-refractivity contribution in [2.24, 2.45) is 0 Å². The molecule has 118 valence electrons. The number of rotatable bonds is 4. The molecule has 0 saturated carbocycles. The van der Waals surface area contributed by atoms with Gasteiger partial charge in [-0.15, -0.1) is 11.3 Å². The molecule has 5 nitrogen and oxygen atoms in total. The van der Waals surface area contributed by atoms with Gasteiger partial charge >= 0.3 is 0 Å². The fourth-order valence-corrected chi connectivity index (χ4v) is 3.26. The molecule has 24 heavy (non-hydrogen) atoms. The van der Waals surface area contributed by atoms with Gasteiger partial charge in [-0.1, -0.05) is 35.9 Å². The van der Waals surface area contributed by atoms with E-state index in [1.54, 1.807) is 24.3 Å². The Morgan fingerprint density at radius 3 is 2.42 bits per heavy atom. The first-order valence-corrected chi connectivity index (χ1v) is 8.19. The van der Waals surface area contributed by atoms with Crippen LogP contribution in [0.4, 0.5) is 5.69 Å². The van der Waals surface area contributed by atoms with Crippen LogP contribution in [0.15, 0.2) is 53.9 Å². The fraction of sp³-hybridized carbons (Fsp3) is 0.0588. The summed E-state index contributed by atoms with van der Waals surface area (Å²) >= 11 is 7.27. The largest absolute Gasteiger partial charge is 0.269 e. The van der Waals surface area contributed by atoms with Crippen LogP contribution in [0.2, 0.25) is 5.02 Å². The number of nitrogens with zero attached hydrogens (tertiary/aromatic N) is 3. The maximum Gasteiger partial charge on any atom is 0.269 e. The van der Waals surface area contributed by atoms with E-state index < -0.39 is 10.8 Å². The molecule has 3 rings (SSSR count). The van der Waals surface area contributed by atoms with E-state index in [2.05, 4.69) is 11.1 Å². The van der Waals surface area contributed by atoms with Crippen molar-refractivity contribution in [3.63, 3.8) is 0 Å². The van der Waals surface area contributed by atoms with Crippen molar-refractivity contribution >= 4 is 28.6 Å². The molecule has 0 spiro atoms. The zero-order chi connectivity index (χ0) is 17.1. The highest BCUT2D eigenvalue weighted by Gasteiger charge is 2.19. The van der Waals surface area contributed by atoms with Gasteiger partial charge in [-0.3, -0.25) is 10.1 Å². The Hall–Kier alpha value is -2.75. The topological polar surface area (TPSA) is 79.8 Å². The predicted molar refractivity (Wildman–Crippen MR) is 93.1 cm³/mol. The molecule has 7 heteroatoms. The van der Waals surface area contributed by atoms with Gasteiger partial charge in [0.1, 0.15) is 10.9 Å². The standard InChI is InChI=1S/C17H10ClN3O2S/c18-13-5-1-12(2-6-13)16-10-24-17(20-16)15(9-19)11-3-7-14(8-4-11)21(22)23/h1-8,10,15H. The van der Waals surface area contributed by atoms with E-state index >= 15 is 0 Å². The van der Waals surface area contributed by atoms with Gasteiger partial charge in [0.05, 0.1) is 16.7 Å². The molecule has 2 aromatic carbocycles. The van der Waals surface area contributed by atoms with E-state index in [9.17, 15) is 15.4 Å². The highest BCUT2D eigenvalue weighted by atomic mass is 35.5. The second kappa shape index (κ2) is 6.79. The first kappa shape index (κ1) is 16.1. The quantitative estimate of drug-likeness (QED) is 0.485. The summed E-state index contributed by atoms with van der Waals surface area (Å²) in [6.45, 7) is 0. The average Bonchev–Trinajstić information content (AvgIpc) is 3.06. The molecule has 0 fully saturated rings. The molecule has 0 radical (unpaired) electrons. The maximum atomic E-state index is 10.7. The Balaban J connectivity index is 1.90. The summed E-state index contributed by atoms with van der Waals surface area (Å²) in [6, 6.07) is 15.5. The molecule has 0 aliphatic heterocycles. The molecule has 1 heterocycles. The van der Waals surface area contributed by atoms with Crippen molar-refractivity contribution in [2.45, 2.75) is 5.92 Å². The first-order valence-electron chi connectivity index (χ1n) is 6.94. The zero-order valence-electron chi connectivity index (χ0n) is 12.2. The van der Waals surface area contributed by atoms with Gasteiger partial charge < -0.3 is 0 Å². The number of halogens is 1. The maximum absolute atomic E-state index is 10.7. The van der Waals surface area contributed by atoms with Crippen molar-refractivity contribution < 1.29 is 4.92 Å². The fourth-order valence-electron chi connectivity index (χ4n) is 2.23. The third-order valence-electron chi connectivity index (χ3n) is 3.48. The number of non-ortho nitro benzene ring substituents is 1. The molecular formula is C17H10ClN3O2S. The molecule has 1 aromatic heterocycles. The predicted octanol–water partition coefficient (Wildman–Crippen LogP) is 5.03. The minimum absolute atomic E-state index is 0.00330.